The van der Waals surface area contributed by atoms with Gasteiger partial charge < -0.3 is 14.8 Å². The number of nitrogens with zero attached hydrogens (tertiary/aromatic N) is 2. The summed E-state index contributed by atoms with van der Waals surface area (Å²) in [5.41, 5.74) is 0.992. The van der Waals surface area contributed by atoms with E-state index in [0.29, 0.717) is 11.9 Å². The Balaban J connectivity index is 1.80. The third-order valence-corrected chi connectivity index (χ3v) is 3.38. The van der Waals surface area contributed by atoms with Gasteiger partial charge in [0.15, 0.2) is 0 Å². The second-order valence-corrected chi connectivity index (χ2v) is 5.05. The molecule has 2 heterocycles. The molecule has 106 valence electrons. The largest absolute Gasteiger partial charge is 0.481 e. The Labute approximate surface area is 114 Å². The second-order valence-electron chi connectivity index (χ2n) is 5.05. The van der Waals surface area contributed by atoms with Crippen LogP contribution in [0.5, 0.6) is 5.88 Å². The van der Waals surface area contributed by atoms with Gasteiger partial charge in [-0.2, -0.15) is 0 Å². The smallest absolute Gasteiger partial charge is 0.213 e. The van der Waals surface area contributed by atoms with E-state index in [2.05, 4.69) is 29.0 Å². The van der Waals surface area contributed by atoms with Gasteiger partial charge in [-0.1, -0.05) is 0 Å². The van der Waals surface area contributed by atoms with E-state index in [1.165, 1.54) is 0 Å². The van der Waals surface area contributed by atoms with Gasteiger partial charge in [0, 0.05) is 31.7 Å². The maximum atomic E-state index is 5.78. The molecule has 1 aromatic heterocycles. The summed E-state index contributed by atoms with van der Waals surface area (Å²) in [5.74, 6) is 0.630. The van der Waals surface area contributed by atoms with E-state index in [9.17, 15) is 0 Å². The monoisotopic (exact) mass is 265 g/mol. The van der Waals surface area contributed by atoms with Crippen molar-refractivity contribution in [3.05, 3.63) is 18.3 Å². The van der Waals surface area contributed by atoms with E-state index in [0.717, 1.165) is 31.9 Å². The molecule has 1 atom stereocenters. The van der Waals surface area contributed by atoms with Crippen LogP contribution in [0.25, 0.3) is 0 Å². The number of hydrogen-bond donors (Lipinski definition) is 1. The molecule has 1 saturated heterocycles. The molecule has 1 aliphatic rings. The Morgan fingerprint density at radius 1 is 1.53 bits per heavy atom. The zero-order valence-electron chi connectivity index (χ0n) is 11.9. The Kier molecular flexibility index (Phi) is 4.99. The Morgan fingerprint density at radius 2 is 2.37 bits per heavy atom. The Morgan fingerprint density at radius 3 is 3.00 bits per heavy atom. The molecule has 2 rings (SSSR count). The van der Waals surface area contributed by atoms with Crippen molar-refractivity contribution >= 4 is 5.69 Å². The van der Waals surface area contributed by atoms with E-state index < -0.39 is 0 Å². The normalized spacial score (nSPS) is 20.5. The van der Waals surface area contributed by atoms with Gasteiger partial charge in [-0.25, -0.2) is 4.98 Å². The molecule has 1 aliphatic heterocycles. The summed E-state index contributed by atoms with van der Waals surface area (Å²) in [6.45, 7) is 8.07. The van der Waals surface area contributed by atoms with Crippen molar-refractivity contribution in [1.29, 1.82) is 0 Å². The third-order valence-electron chi connectivity index (χ3n) is 3.38. The maximum Gasteiger partial charge on any atom is 0.213 e. The molecule has 1 fully saturated rings. The zero-order valence-corrected chi connectivity index (χ0v) is 11.9. The number of ether oxygens (including phenoxy) is 2. The predicted molar refractivity (Wildman–Crippen MR) is 75.7 cm³/mol. The van der Waals surface area contributed by atoms with Crippen LogP contribution < -0.4 is 10.1 Å². The molecule has 0 amide bonds. The molecule has 19 heavy (non-hydrogen) atoms. The van der Waals surface area contributed by atoms with E-state index in [1.807, 2.05) is 12.1 Å². The summed E-state index contributed by atoms with van der Waals surface area (Å²) < 4.78 is 10.8. The van der Waals surface area contributed by atoms with Crippen LogP contribution >= 0.6 is 0 Å². The van der Waals surface area contributed by atoms with Crippen LogP contribution in [0.4, 0.5) is 5.69 Å². The molecule has 5 heteroatoms. The van der Waals surface area contributed by atoms with Crippen molar-refractivity contribution in [1.82, 2.24) is 9.88 Å². The van der Waals surface area contributed by atoms with Crippen LogP contribution in [0.1, 0.15) is 13.8 Å². The third kappa shape index (κ3) is 4.08. The summed E-state index contributed by atoms with van der Waals surface area (Å²) in [5, 5.41) is 3.36. The van der Waals surface area contributed by atoms with E-state index in [1.54, 1.807) is 13.3 Å². The van der Waals surface area contributed by atoms with Crippen LogP contribution in [-0.4, -0.2) is 55.4 Å². The van der Waals surface area contributed by atoms with E-state index in [4.69, 9.17) is 9.47 Å². The van der Waals surface area contributed by atoms with Gasteiger partial charge >= 0.3 is 0 Å². The van der Waals surface area contributed by atoms with Gasteiger partial charge in [0.25, 0.3) is 0 Å². The average Bonchev–Trinajstić information content (AvgIpc) is 2.46. The molecule has 1 aromatic rings. The summed E-state index contributed by atoms with van der Waals surface area (Å²) in [7, 11) is 1.62. The summed E-state index contributed by atoms with van der Waals surface area (Å²) in [6, 6.07) is 4.40. The number of aromatic nitrogens is 1. The number of hydrogen-bond acceptors (Lipinski definition) is 5. The lowest BCUT2D eigenvalue weighted by Gasteiger charge is -2.35. The molecule has 5 nitrogen and oxygen atoms in total. The highest BCUT2D eigenvalue weighted by Crippen LogP contribution is 2.13. The molecular weight excluding hydrogens is 242 g/mol. The minimum atomic E-state index is 0.234. The van der Waals surface area contributed by atoms with Gasteiger partial charge in [-0.3, -0.25) is 4.90 Å². The fourth-order valence-corrected chi connectivity index (χ4v) is 2.17. The number of anilines is 1. The van der Waals surface area contributed by atoms with Crippen LogP contribution in [0.2, 0.25) is 0 Å². The number of morpholine rings is 1. The summed E-state index contributed by atoms with van der Waals surface area (Å²) in [6.07, 6.45) is 2.01. The summed E-state index contributed by atoms with van der Waals surface area (Å²) >= 11 is 0. The van der Waals surface area contributed by atoms with Gasteiger partial charge in [-0.15, -0.1) is 0 Å². The van der Waals surface area contributed by atoms with Crippen LogP contribution in [0.3, 0.4) is 0 Å². The number of nitrogens with one attached hydrogen (secondary N) is 1. The topological polar surface area (TPSA) is 46.6 Å². The average molecular weight is 265 g/mol. The quantitative estimate of drug-likeness (QED) is 0.876. The summed E-state index contributed by atoms with van der Waals surface area (Å²) in [4.78, 5) is 6.61. The van der Waals surface area contributed by atoms with Gasteiger partial charge in [-0.05, 0) is 19.9 Å². The number of pyridine rings is 1. The second kappa shape index (κ2) is 6.73. The van der Waals surface area contributed by atoms with Crippen molar-refractivity contribution in [2.75, 3.05) is 38.7 Å². The fourth-order valence-electron chi connectivity index (χ4n) is 2.17. The maximum absolute atomic E-state index is 5.78. The Hall–Kier alpha value is -1.33. The first-order valence-electron chi connectivity index (χ1n) is 6.78. The Bertz CT molecular complexity index is 381. The molecule has 1 unspecified atom stereocenters. The lowest BCUT2D eigenvalue weighted by molar-refractivity contribution is -0.0315. The molecule has 0 radical (unpaired) electrons. The van der Waals surface area contributed by atoms with Gasteiger partial charge in [0.05, 0.1) is 31.7 Å². The van der Waals surface area contributed by atoms with E-state index >= 15 is 0 Å². The van der Waals surface area contributed by atoms with Crippen molar-refractivity contribution in [3.63, 3.8) is 0 Å². The highest BCUT2D eigenvalue weighted by atomic mass is 16.5. The van der Waals surface area contributed by atoms with Gasteiger partial charge in [0.1, 0.15) is 0 Å². The molecular formula is C14H23N3O2. The molecule has 0 spiro atoms. The molecule has 0 aromatic carbocycles. The number of rotatable bonds is 5. The lowest BCUT2D eigenvalue weighted by atomic mass is 10.2. The fraction of sp³-hybridized carbons (Fsp3) is 0.643. The van der Waals surface area contributed by atoms with Crippen molar-refractivity contribution in [2.24, 2.45) is 0 Å². The lowest BCUT2D eigenvalue weighted by Crippen LogP contribution is -2.48. The van der Waals surface area contributed by atoms with Gasteiger partial charge in [0.2, 0.25) is 5.88 Å². The predicted octanol–water partition coefficient (Wildman–Crippen LogP) is 1.61. The van der Waals surface area contributed by atoms with Crippen molar-refractivity contribution < 1.29 is 9.47 Å². The van der Waals surface area contributed by atoms with Crippen molar-refractivity contribution in [3.8, 4) is 5.88 Å². The molecule has 0 saturated carbocycles. The standard InChI is InChI=1S/C14H23N3O2/c1-11(2)17-6-7-19-13(10-17)9-15-12-4-5-14(18-3)16-8-12/h4-5,8,11,13,15H,6-7,9-10H2,1-3H3. The SMILES string of the molecule is COc1ccc(NCC2CN(C(C)C)CCO2)cn1. The molecule has 1 N–H and O–H groups in total. The molecule has 0 aliphatic carbocycles. The highest BCUT2D eigenvalue weighted by molar-refractivity contribution is 5.42. The first-order valence-corrected chi connectivity index (χ1v) is 6.78. The zero-order chi connectivity index (χ0) is 13.7. The first kappa shape index (κ1) is 14.1. The highest BCUT2D eigenvalue weighted by Gasteiger charge is 2.21. The van der Waals surface area contributed by atoms with Crippen LogP contribution in [0, 0.1) is 0 Å². The number of methoxy groups -OCH3 is 1. The minimum Gasteiger partial charge on any atom is -0.481 e. The molecule has 0 bridgehead atoms. The first-order chi connectivity index (χ1) is 9.19. The minimum absolute atomic E-state index is 0.234. The van der Waals surface area contributed by atoms with Crippen molar-refractivity contribution in [2.45, 2.75) is 26.0 Å². The van der Waals surface area contributed by atoms with Crippen LogP contribution in [-0.2, 0) is 4.74 Å². The van der Waals surface area contributed by atoms with E-state index in [-0.39, 0.29) is 6.10 Å². The van der Waals surface area contributed by atoms with Crippen LogP contribution in [0.15, 0.2) is 18.3 Å².